The third-order valence-corrected chi connectivity index (χ3v) is 4.96. The Morgan fingerprint density at radius 2 is 1.71 bits per heavy atom. The normalized spacial score (nSPS) is 29.9. The second-order valence-corrected chi connectivity index (χ2v) is 6.99. The Morgan fingerprint density at radius 3 is 2.21 bits per heavy atom. The number of hydrogen-bond donors (Lipinski definition) is 1. The van der Waals surface area contributed by atoms with Crippen LogP contribution in [-0.2, 0) is 23.9 Å². The van der Waals surface area contributed by atoms with Crippen LogP contribution in [0.5, 0.6) is 0 Å². The van der Waals surface area contributed by atoms with Gasteiger partial charge in [-0.1, -0.05) is 28.1 Å². The Morgan fingerprint density at radius 1 is 1.17 bits per heavy atom. The summed E-state index contributed by atoms with van der Waals surface area (Å²) in [5.41, 5.74) is -1.04. The van der Waals surface area contributed by atoms with E-state index in [0.717, 1.165) is 4.47 Å². The fourth-order valence-corrected chi connectivity index (χ4v) is 3.62. The molecular formula is C17H19BrO6. The SMILES string of the molecule is COC(=O)[C@H]1C(=O)C[C@@](C)(O)[C@@H](C(=O)OC)[C@@H]1c1ccc(Br)cc1. The molecule has 1 aliphatic carbocycles. The first-order chi connectivity index (χ1) is 11.2. The molecule has 0 aromatic heterocycles. The first-order valence-corrected chi connectivity index (χ1v) is 8.18. The van der Waals surface area contributed by atoms with E-state index in [0.29, 0.717) is 5.56 Å². The molecule has 130 valence electrons. The molecule has 24 heavy (non-hydrogen) atoms. The number of ketones is 1. The third-order valence-electron chi connectivity index (χ3n) is 4.43. The van der Waals surface area contributed by atoms with Crippen LogP contribution in [0.4, 0.5) is 0 Å². The van der Waals surface area contributed by atoms with Crippen molar-refractivity contribution in [3.05, 3.63) is 34.3 Å². The molecule has 1 aromatic carbocycles. The molecule has 1 aromatic rings. The van der Waals surface area contributed by atoms with Crippen LogP contribution >= 0.6 is 15.9 Å². The van der Waals surface area contributed by atoms with Crippen molar-refractivity contribution >= 4 is 33.7 Å². The molecule has 0 spiro atoms. The first kappa shape index (κ1) is 18.6. The van der Waals surface area contributed by atoms with Gasteiger partial charge in [0.2, 0.25) is 0 Å². The highest BCUT2D eigenvalue weighted by Gasteiger charge is 2.56. The first-order valence-electron chi connectivity index (χ1n) is 7.39. The second kappa shape index (κ2) is 7.03. The van der Waals surface area contributed by atoms with Crippen LogP contribution in [0.25, 0.3) is 0 Å². The van der Waals surface area contributed by atoms with Crippen molar-refractivity contribution in [3.8, 4) is 0 Å². The minimum absolute atomic E-state index is 0.320. The van der Waals surface area contributed by atoms with Crippen molar-refractivity contribution in [2.24, 2.45) is 11.8 Å². The Balaban J connectivity index is 2.63. The van der Waals surface area contributed by atoms with Gasteiger partial charge in [0.1, 0.15) is 5.92 Å². The molecule has 7 heteroatoms. The van der Waals surface area contributed by atoms with Gasteiger partial charge in [-0.15, -0.1) is 0 Å². The lowest BCUT2D eigenvalue weighted by molar-refractivity contribution is -0.170. The van der Waals surface area contributed by atoms with Crippen LogP contribution in [0.3, 0.4) is 0 Å². The van der Waals surface area contributed by atoms with Gasteiger partial charge in [0.05, 0.1) is 25.7 Å². The summed E-state index contributed by atoms with van der Waals surface area (Å²) in [5.74, 6) is -4.95. The number of carbonyl (C=O) groups is 3. The topological polar surface area (TPSA) is 89.9 Å². The molecule has 1 aliphatic rings. The fraction of sp³-hybridized carbons (Fsp3) is 0.471. The standard InChI is InChI=1S/C17H19BrO6/c1-17(22)8-11(19)13(15(20)23-2)12(14(17)16(21)24-3)9-4-6-10(18)7-5-9/h4-7,12-14,22H,8H2,1-3H3/t12-,13+,14-,17-/m1/s1. The Hall–Kier alpha value is -1.73. The quantitative estimate of drug-likeness (QED) is 0.616. The monoisotopic (exact) mass is 398 g/mol. The smallest absolute Gasteiger partial charge is 0.316 e. The van der Waals surface area contributed by atoms with Gasteiger partial charge in [-0.25, -0.2) is 0 Å². The summed E-state index contributed by atoms with van der Waals surface area (Å²) in [6.45, 7) is 1.41. The molecule has 1 fully saturated rings. The van der Waals surface area contributed by atoms with Gasteiger partial charge in [0.25, 0.3) is 0 Å². The Labute approximate surface area is 148 Å². The zero-order valence-corrected chi connectivity index (χ0v) is 15.2. The summed E-state index contributed by atoms with van der Waals surface area (Å²) in [6.07, 6.45) is -0.320. The predicted molar refractivity (Wildman–Crippen MR) is 88.1 cm³/mol. The van der Waals surface area contributed by atoms with Crippen molar-refractivity contribution in [1.29, 1.82) is 0 Å². The van der Waals surface area contributed by atoms with Gasteiger partial charge < -0.3 is 14.6 Å². The Kier molecular flexibility index (Phi) is 5.45. The Bertz CT molecular complexity index is 652. The highest BCUT2D eigenvalue weighted by atomic mass is 79.9. The highest BCUT2D eigenvalue weighted by molar-refractivity contribution is 9.10. The molecule has 0 bridgehead atoms. The van der Waals surface area contributed by atoms with Crippen LogP contribution < -0.4 is 0 Å². The summed E-state index contributed by atoms with van der Waals surface area (Å²) in [6, 6.07) is 6.89. The van der Waals surface area contributed by atoms with Crippen LogP contribution in [0.1, 0.15) is 24.8 Å². The van der Waals surface area contributed by atoms with Gasteiger partial charge in [0, 0.05) is 16.8 Å². The van der Waals surface area contributed by atoms with E-state index in [1.54, 1.807) is 24.3 Å². The lowest BCUT2D eigenvalue weighted by atomic mass is 9.62. The van der Waals surface area contributed by atoms with E-state index in [9.17, 15) is 19.5 Å². The van der Waals surface area contributed by atoms with E-state index in [-0.39, 0.29) is 6.42 Å². The van der Waals surface area contributed by atoms with Gasteiger partial charge in [-0.05, 0) is 24.6 Å². The number of hydrogen-bond acceptors (Lipinski definition) is 6. The molecule has 0 heterocycles. The van der Waals surface area contributed by atoms with Crippen molar-refractivity contribution in [3.63, 3.8) is 0 Å². The number of rotatable bonds is 3. The molecular weight excluding hydrogens is 380 g/mol. The maximum atomic E-state index is 12.5. The van der Waals surface area contributed by atoms with E-state index >= 15 is 0 Å². The van der Waals surface area contributed by atoms with E-state index in [2.05, 4.69) is 15.9 Å². The van der Waals surface area contributed by atoms with Crippen molar-refractivity contribution in [2.45, 2.75) is 24.9 Å². The maximum absolute atomic E-state index is 12.5. The van der Waals surface area contributed by atoms with Crippen LogP contribution in [0.15, 0.2) is 28.7 Å². The molecule has 0 saturated heterocycles. The minimum Gasteiger partial charge on any atom is -0.469 e. The molecule has 4 atom stereocenters. The summed E-state index contributed by atoms with van der Waals surface area (Å²) in [4.78, 5) is 37.0. The van der Waals surface area contributed by atoms with Gasteiger partial charge in [0.15, 0.2) is 5.78 Å². The van der Waals surface area contributed by atoms with Gasteiger partial charge in [-0.3, -0.25) is 14.4 Å². The number of esters is 2. The average molecular weight is 399 g/mol. The molecule has 0 radical (unpaired) electrons. The summed E-state index contributed by atoms with van der Waals surface area (Å²) >= 11 is 3.32. The molecule has 0 amide bonds. The number of benzene rings is 1. The number of carbonyl (C=O) groups excluding carboxylic acids is 3. The average Bonchev–Trinajstić information content (AvgIpc) is 2.53. The number of aliphatic hydroxyl groups is 1. The van der Waals surface area contributed by atoms with Crippen LogP contribution in [0.2, 0.25) is 0 Å². The summed E-state index contributed by atoms with van der Waals surface area (Å²) in [5, 5.41) is 10.7. The van der Waals surface area contributed by atoms with Crippen molar-refractivity contribution in [2.75, 3.05) is 14.2 Å². The largest absolute Gasteiger partial charge is 0.469 e. The summed E-state index contributed by atoms with van der Waals surface area (Å²) < 4.78 is 10.4. The van der Waals surface area contributed by atoms with Gasteiger partial charge >= 0.3 is 11.9 Å². The third kappa shape index (κ3) is 3.37. The van der Waals surface area contributed by atoms with E-state index in [1.807, 2.05) is 0 Å². The maximum Gasteiger partial charge on any atom is 0.316 e. The van der Waals surface area contributed by atoms with E-state index < -0.39 is 41.1 Å². The highest BCUT2D eigenvalue weighted by Crippen LogP contribution is 2.46. The lowest BCUT2D eigenvalue weighted by Crippen LogP contribution is -2.55. The molecule has 1 N–H and O–H groups in total. The molecule has 2 rings (SSSR count). The predicted octanol–water partition coefficient (Wildman–Crippen LogP) is 1.83. The van der Waals surface area contributed by atoms with Crippen molar-refractivity contribution in [1.82, 2.24) is 0 Å². The number of ether oxygens (including phenoxy) is 2. The van der Waals surface area contributed by atoms with E-state index in [4.69, 9.17) is 9.47 Å². The zero-order chi connectivity index (χ0) is 18.1. The lowest BCUT2D eigenvalue weighted by Gasteiger charge is -2.43. The van der Waals surface area contributed by atoms with Crippen LogP contribution in [0, 0.1) is 11.8 Å². The molecule has 6 nitrogen and oxygen atoms in total. The number of methoxy groups -OCH3 is 2. The second-order valence-electron chi connectivity index (χ2n) is 6.08. The van der Waals surface area contributed by atoms with Crippen LogP contribution in [-0.4, -0.2) is 42.6 Å². The van der Waals surface area contributed by atoms with Gasteiger partial charge in [-0.2, -0.15) is 0 Å². The van der Waals surface area contributed by atoms with Crippen molar-refractivity contribution < 1.29 is 29.0 Å². The molecule has 0 unspecified atom stereocenters. The zero-order valence-electron chi connectivity index (χ0n) is 13.6. The summed E-state index contributed by atoms with van der Waals surface area (Å²) in [7, 11) is 2.40. The fourth-order valence-electron chi connectivity index (χ4n) is 3.35. The molecule has 1 saturated carbocycles. The molecule has 0 aliphatic heterocycles. The number of halogens is 1. The minimum atomic E-state index is -1.62. The number of Topliss-reactive ketones (excluding diaryl/α,β-unsaturated/α-hetero) is 1. The van der Waals surface area contributed by atoms with E-state index in [1.165, 1.54) is 21.1 Å².